The predicted octanol–water partition coefficient (Wildman–Crippen LogP) is 0.589. The van der Waals surface area contributed by atoms with Gasteiger partial charge in [0.1, 0.15) is 0 Å². The van der Waals surface area contributed by atoms with Crippen LogP contribution >= 0.6 is 0 Å². The molecule has 1 fully saturated rings. The second-order valence-electron chi connectivity index (χ2n) is 4.77. The normalized spacial score (nSPS) is 16.6. The molecular formula is C12H20N4O. The highest BCUT2D eigenvalue weighted by Gasteiger charge is 2.21. The maximum absolute atomic E-state index is 12.2. The van der Waals surface area contributed by atoms with Crippen molar-refractivity contribution in [2.24, 2.45) is 7.05 Å². The van der Waals surface area contributed by atoms with Gasteiger partial charge < -0.3 is 10.2 Å². The van der Waals surface area contributed by atoms with Gasteiger partial charge in [0.2, 0.25) is 0 Å². The standard InChI is InChI=1S/C12H20N4O/c1-9(2)11-8-10(14-15(11)3)12(17)16-6-4-13-5-7-16/h8-9,13H,4-7H2,1-3H3. The van der Waals surface area contributed by atoms with Gasteiger partial charge in [-0.05, 0) is 12.0 Å². The molecule has 94 valence electrons. The van der Waals surface area contributed by atoms with Crippen LogP contribution in [0.3, 0.4) is 0 Å². The molecule has 0 radical (unpaired) electrons. The first kappa shape index (κ1) is 12.1. The number of amides is 1. The smallest absolute Gasteiger partial charge is 0.274 e. The summed E-state index contributed by atoms with van der Waals surface area (Å²) in [5, 5.41) is 7.55. The molecule has 0 spiro atoms. The molecule has 1 aliphatic heterocycles. The van der Waals surface area contributed by atoms with Gasteiger partial charge in [-0.1, -0.05) is 13.8 Å². The number of carbonyl (C=O) groups is 1. The van der Waals surface area contributed by atoms with E-state index in [0.29, 0.717) is 11.6 Å². The molecule has 1 amide bonds. The van der Waals surface area contributed by atoms with Gasteiger partial charge in [-0.3, -0.25) is 9.48 Å². The Kier molecular flexibility index (Phi) is 3.47. The van der Waals surface area contributed by atoms with E-state index in [2.05, 4.69) is 24.3 Å². The highest BCUT2D eigenvalue weighted by atomic mass is 16.2. The summed E-state index contributed by atoms with van der Waals surface area (Å²) >= 11 is 0. The molecule has 0 aliphatic carbocycles. The predicted molar refractivity (Wildman–Crippen MR) is 66.1 cm³/mol. The molecule has 5 heteroatoms. The summed E-state index contributed by atoms with van der Waals surface area (Å²) in [6.45, 7) is 7.50. The lowest BCUT2D eigenvalue weighted by Gasteiger charge is -2.26. The van der Waals surface area contributed by atoms with E-state index in [4.69, 9.17) is 0 Å². The van der Waals surface area contributed by atoms with Crippen molar-refractivity contribution in [1.29, 1.82) is 0 Å². The van der Waals surface area contributed by atoms with Crippen LogP contribution in [0, 0.1) is 0 Å². The van der Waals surface area contributed by atoms with Crippen LogP contribution < -0.4 is 5.32 Å². The first-order chi connectivity index (χ1) is 8.09. The van der Waals surface area contributed by atoms with E-state index in [1.54, 1.807) is 4.68 Å². The van der Waals surface area contributed by atoms with Gasteiger partial charge in [0.05, 0.1) is 0 Å². The van der Waals surface area contributed by atoms with E-state index in [-0.39, 0.29) is 5.91 Å². The van der Waals surface area contributed by atoms with Gasteiger partial charge >= 0.3 is 0 Å². The minimum absolute atomic E-state index is 0.0500. The summed E-state index contributed by atoms with van der Waals surface area (Å²) in [5.41, 5.74) is 1.67. The lowest BCUT2D eigenvalue weighted by molar-refractivity contribution is 0.0729. The summed E-state index contributed by atoms with van der Waals surface area (Å²) in [6.07, 6.45) is 0. The Morgan fingerprint density at radius 3 is 2.59 bits per heavy atom. The molecular weight excluding hydrogens is 216 g/mol. The van der Waals surface area contributed by atoms with Gasteiger partial charge in [0.15, 0.2) is 5.69 Å². The molecule has 2 rings (SSSR count). The number of hydrogen-bond acceptors (Lipinski definition) is 3. The molecule has 1 N–H and O–H groups in total. The van der Waals surface area contributed by atoms with Crippen LogP contribution in [0.5, 0.6) is 0 Å². The third-order valence-electron chi connectivity index (χ3n) is 3.13. The van der Waals surface area contributed by atoms with Crippen LogP contribution in [0.25, 0.3) is 0 Å². The minimum Gasteiger partial charge on any atom is -0.335 e. The lowest BCUT2D eigenvalue weighted by atomic mass is 10.1. The average Bonchev–Trinajstić information content (AvgIpc) is 2.71. The highest BCUT2D eigenvalue weighted by Crippen LogP contribution is 2.15. The zero-order chi connectivity index (χ0) is 12.4. The van der Waals surface area contributed by atoms with Crippen LogP contribution in [0.2, 0.25) is 0 Å². The number of nitrogens with zero attached hydrogens (tertiary/aromatic N) is 3. The monoisotopic (exact) mass is 236 g/mol. The maximum Gasteiger partial charge on any atom is 0.274 e. The van der Waals surface area contributed by atoms with Crippen molar-refractivity contribution in [3.63, 3.8) is 0 Å². The van der Waals surface area contributed by atoms with E-state index in [1.165, 1.54) is 0 Å². The fourth-order valence-electron chi connectivity index (χ4n) is 2.16. The Labute approximate surface area is 102 Å². The Bertz CT molecular complexity index is 405. The van der Waals surface area contributed by atoms with Crippen LogP contribution in [-0.2, 0) is 7.05 Å². The third-order valence-corrected chi connectivity index (χ3v) is 3.13. The second kappa shape index (κ2) is 4.87. The number of aryl methyl sites for hydroxylation is 1. The SMILES string of the molecule is CC(C)c1cc(C(=O)N2CCNCC2)nn1C. The van der Waals surface area contributed by atoms with Crippen LogP contribution in [0.15, 0.2) is 6.07 Å². The number of carbonyl (C=O) groups excluding carboxylic acids is 1. The zero-order valence-corrected chi connectivity index (χ0v) is 10.7. The Balaban J connectivity index is 2.16. The minimum atomic E-state index is 0.0500. The Morgan fingerprint density at radius 1 is 1.41 bits per heavy atom. The molecule has 0 saturated carbocycles. The molecule has 2 heterocycles. The van der Waals surface area contributed by atoms with E-state index in [9.17, 15) is 4.79 Å². The fraction of sp³-hybridized carbons (Fsp3) is 0.667. The number of hydrogen-bond donors (Lipinski definition) is 1. The molecule has 0 bridgehead atoms. The molecule has 5 nitrogen and oxygen atoms in total. The van der Waals surface area contributed by atoms with Gasteiger partial charge in [-0.2, -0.15) is 5.10 Å². The molecule has 1 aromatic rings. The number of rotatable bonds is 2. The van der Waals surface area contributed by atoms with Crippen LogP contribution in [-0.4, -0.2) is 46.8 Å². The average molecular weight is 236 g/mol. The van der Waals surface area contributed by atoms with Crippen LogP contribution in [0.1, 0.15) is 35.9 Å². The second-order valence-corrected chi connectivity index (χ2v) is 4.77. The van der Waals surface area contributed by atoms with Crippen LogP contribution in [0.4, 0.5) is 0 Å². The van der Waals surface area contributed by atoms with Gasteiger partial charge in [-0.25, -0.2) is 0 Å². The van der Waals surface area contributed by atoms with E-state index in [1.807, 2.05) is 18.0 Å². The van der Waals surface area contributed by atoms with Crippen molar-refractivity contribution < 1.29 is 4.79 Å². The Morgan fingerprint density at radius 2 is 2.06 bits per heavy atom. The molecule has 0 aromatic carbocycles. The topological polar surface area (TPSA) is 50.2 Å². The van der Waals surface area contributed by atoms with Crippen molar-refractivity contribution in [3.8, 4) is 0 Å². The van der Waals surface area contributed by atoms with Crippen molar-refractivity contribution >= 4 is 5.91 Å². The van der Waals surface area contributed by atoms with Gasteiger partial charge in [0, 0.05) is 38.9 Å². The molecule has 0 atom stereocenters. The largest absolute Gasteiger partial charge is 0.335 e. The van der Waals surface area contributed by atoms with E-state index < -0.39 is 0 Å². The summed E-state index contributed by atoms with van der Waals surface area (Å²) in [5.74, 6) is 0.436. The third kappa shape index (κ3) is 2.49. The molecule has 17 heavy (non-hydrogen) atoms. The lowest BCUT2D eigenvalue weighted by Crippen LogP contribution is -2.46. The van der Waals surface area contributed by atoms with Crippen molar-refractivity contribution in [3.05, 3.63) is 17.5 Å². The number of piperazine rings is 1. The summed E-state index contributed by atoms with van der Waals surface area (Å²) in [7, 11) is 1.89. The molecule has 1 saturated heterocycles. The first-order valence-corrected chi connectivity index (χ1v) is 6.13. The quantitative estimate of drug-likeness (QED) is 0.817. The maximum atomic E-state index is 12.2. The van der Waals surface area contributed by atoms with Gasteiger partial charge in [0.25, 0.3) is 5.91 Å². The molecule has 0 unspecified atom stereocenters. The van der Waals surface area contributed by atoms with Crippen molar-refractivity contribution in [2.75, 3.05) is 26.2 Å². The number of nitrogens with one attached hydrogen (secondary N) is 1. The summed E-state index contributed by atoms with van der Waals surface area (Å²) in [4.78, 5) is 14.1. The zero-order valence-electron chi connectivity index (χ0n) is 10.7. The summed E-state index contributed by atoms with van der Waals surface area (Å²) < 4.78 is 1.81. The van der Waals surface area contributed by atoms with E-state index >= 15 is 0 Å². The van der Waals surface area contributed by atoms with Crippen molar-refractivity contribution in [2.45, 2.75) is 19.8 Å². The fourth-order valence-corrected chi connectivity index (χ4v) is 2.16. The van der Waals surface area contributed by atoms with E-state index in [0.717, 1.165) is 31.9 Å². The first-order valence-electron chi connectivity index (χ1n) is 6.13. The highest BCUT2D eigenvalue weighted by molar-refractivity contribution is 5.92. The molecule has 1 aromatic heterocycles. The molecule has 1 aliphatic rings. The Hall–Kier alpha value is -1.36. The number of aromatic nitrogens is 2. The van der Waals surface area contributed by atoms with Crippen molar-refractivity contribution in [1.82, 2.24) is 20.0 Å². The summed E-state index contributed by atoms with van der Waals surface area (Å²) in [6, 6.07) is 1.91. The van der Waals surface area contributed by atoms with Gasteiger partial charge in [-0.15, -0.1) is 0 Å².